The fourth-order valence-electron chi connectivity index (χ4n) is 3.94. The van der Waals surface area contributed by atoms with E-state index in [2.05, 4.69) is 10.2 Å². The first-order valence-corrected chi connectivity index (χ1v) is 11.1. The van der Waals surface area contributed by atoms with Gasteiger partial charge in [0.05, 0.1) is 24.2 Å². The third-order valence-electron chi connectivity index (χ3n) is 5.61. The average Bonchev–Trinajstić information content (AvgIpc) is 3.21. The summed E-state index contributed by atoms with van der Waals surface area (Å²) in [6.45, 7) is 3.85. The molecule has 1 atom stereocenters. The number of carbonyl (C=O) groups is 1. The molecule has 1 unspecified atom stereocenters. The van der Waals surface area contributed by atoms with Crippen LogP contribution in [-0.4, -0.2) is 35.7 Å². The molecule has 7 nitrogen and oxygen atoms in total. The number of thiophene rings is 1. The summed E-state index contributed by atoms with van der Waals surface area (Å²) in [5.41, 5.74) is 2.84. The van der Waals surface area contributed by atoms with Crippen molar-refractivity contribution < 1.29 is 9.53 Å². The molecule has 1 aliphatic rings. The van der Waals surface area contributed by atoms with Gasteiger partial charge in [-0.3, -0.25) is 9.36 Å². The molecule has 0 radical (unpaired) electrons. The fraction of sp³-hybridized carbons (Fsp3) is 0.409. The number of para-hydroxylation sites is 1. The van der Waals surface area contributed by atoms with Crippen molar-refractivity contribution >= 4 is 39.2 Å². The van der Waals surface area contributed by atoms with E-state index in [1.165, 1.54) is 24.9 Å². The first-order chi connectivity index (χ1) is 14.5. The molecular formula is C22H26N4O3S. The molecule has 1 aliphatic heterocycles. The van der Waals surface area contributed by atoms with Gasteiger partial charge in [-0.2, -0.15) is 0 Å². The van der Waals surface area contributed by atoms with E-state index in [1.807, 2.05) is 24.4 Å². The lowest BCUT2D eigenvalue weighted by Crippen LogP contribution is -2.35. The first kappa shape index (κ1) is 20.4. The SMILES string of the molecule is COC(=O)c1ccccc1NC(C)c1csc2c(=O)n(C)c(N3CCCCC3)nc12. The van der Waals surface area contributed by atoms with Crippen molar-refractivity contribution in [2.75, 3.05) is 30.4 Å². The molecule has 0 amide bonds. The monoisotopic (exact) mass is 426 g/mol. The van der Waals surface area contributed by atoms with E-state index in [1.54, 1.807) is 23.7 Å². The van der Waals surface area contributed by atoms with E-state index in [9.17, 15) is 9.59 Å². The Labute approximate surface area is 179 Å². The second kappa shape index (κ2) is 8.47. The predicted molar refractivity (Wildman–Crippen MR) is 121 cm³/mol. The summed E-state index contributed by atoms with van der Waals surface area (Å²) < 4.78 is 7.21. The summed E-state index contributed by atoms with van der Waals surface area (Å²) in [6.07, 6.45) is 3.45. The van der Waals surface area contributed by atoms with Crippen molar-refractivity contribution in [1.29, 1.82) is 0 Å². The highest BCUT2D eigenvalue weighted by Crippen LogP contribution is 2.31. The molecule has 1 saturated heterocycles. The maximum absolute atomic E-state index is 13.0. The smallest absolute Gasteiger partial charge is 0.339 e. The van der Waals surface area contributed by atoms with Crippen molar-refractivity contribution in [3.05, 3.63) is 51.1 Å². The third kappa shape index (κ3) is 3.67. The van der Waals surface area contributed by atoms with Gasteiger partial charge in [-0.05, 0) is 43.7 Å². The number of nitrogens with zero attached hydrogens (tertiary/aromatic N) is 3. The van der Waals surface area contributed by atoms with Gasteiger partial charge in [0.1, 0.15) is 4.70 Å². The number of piperidine rings is 1. The van der Waals surface area contributed by atoms with Crippen molar-refractivity contribution in [2.45, 2.75) is 32.2 Å². The number of methoxy groups -OCH3 is 1. The molecule has 0 saturated carbocycles. The van der Waals surface area contributed by atoms with Crippen LogP contribution in [0.15, 0.2) is 34.4 Å². The van der Waals surface area contributed by atoms with Crippen LogP contribution in [0, 0.1) is 0 Å². The molecule has 0 bridgehead atoms. The highest BCUT2D eigenvalue weighted by atomic mass is 32.1. The van der Waals surface area contributed by atoms with Gasteiger partial charge in [0, 0.05) is 31.4 Å². The zero-order valence-corrected chi connectivity index (χ0v) is 18.3. The lowest BCUT2D eigenvalue weighted by molar-refractivity contribution is 0.0602. The van der Waals surface area contributed by atoms with Gasteiger partial charge in [-0.15, -0.1) is 11.3 Å². The highest BCUT2D eigenvalue weighted by molar-refractivity contribution is 7.17. The first-order valence-electron chi connectivity index (χ1n) is 10.2. The Morgan fingerprint density at radius 1 is 1.23 bits per heavy atom. The van der Waals surface area contributed by atoms with Gasteiger partial charge in [-0.25, -0.2) is 9.78 Å². The summed E-state index contributed by atoms with van der Waals surface area (Å²) in [5, 5.41) is 5.38. The Balaban J connectivity index is 1.72. The largest absolute Gasteiger partial charge is 0.465 e. The van der Waals surface area contributed by atoms with Crippen LogP contribution in [0.25, 0.3) is 10.2 Å². The number of aromatic nitrogens is 2. The summed E-state index contributed by atoms with van der Waals surface area (Å²) in [7, 11) is 3.17. The Hall–Kier alpha value is -2.87. The summed E-state index contributed by atoms with van der Waals surface area (Å²) in [4.78, 5) is 32.2. The van der Waals surface area contributed by atoms with Gasteiger partial charge in [0.15, 0.2) is 0 Å². The second-order valence-corrected chi connectivity index (χ2v) is 8.48. The Morgan fingerprint density at radius 2 is 1.97 bits per heavy atom. The van der Waals surface area contributed by atoms with Gasteiger partial charge in [0.25, 0.3) is 5.56 Å². The predicted octanol–water partition coefficient (Wildman–Crippen LogP) is 3.95. The lowest BCUT2D eigenvalue weighted by atomic mass is 10.1. The normalized spacial score (nSPS) is 15.2. The highest BCUT2D eigenvalue weighted by Gasteiger charge is 2.22. The van der Waals surface area contributed by atoms with Gasteiger partial charge >= 0.3 is 5.97 Å². The zero-order valence-electron chi connectivity index (χ0n) is 17.5. The number of esters is 1. The molecule has 158 valence electrons. The molecule has 0 spiro atoms. The van der Waals surface area contributed by atoms with Crippen LogP contribution in [-0.2, 0) is 11.8 Å². The molecule has 0 aliphatic carbocycles. The molecular weight excluding hydrogens is 400 g/mol. The molecule has 1 aromatic carbocycles. The van der Waals surface area contributed by atoms with Crippen molar-refractivity contribution in [3.8, 4) is 0 Å². The molecule has 3 aromatic rings. The molecule has 4 rings (SSSR count). The number of ether oxygens (including phenoxy) is 1. The lowest BCUT2D eigenvalue weighted by Gasteiger charge is -2.29. The maximum atomic E-state index is 13.0. The van der Waals surface area contributed by atoms with E-state index in [4.69, 9.17) is 9.72 Å². The third-order valence-corrected chi connectivity index (χ3v) is 6.59. The molecule has 3 heterocycles. The van der Waals surface area contributed by atoms with Crippen molar-refractivity contribution in [2.24, 2.45) is 7.05 Å². The number of nitrogens with one attached hydrogen (secondary N) is 1. The minimum Gasteiger partial charge on any atom is -0.465 e. The topological polar surface area (TPSA) is 76.5 Å². The van der Waals surface area contributed by atoms with Gasteiger partial charge < -0.3 is 15.0 Å². The number of anilines is 2. The standard InChI is InChI=1S/C22H26N4O3S/c1-14(23-17-10-6-5-9-15(17)21(28)29-3)16-13-30-19-18(16)24-22(25(2)20(19)27)26-11-7-4-8-12-26/h5-6,9-10,13-14,23H,4,7-8,11-12H2,1-3H3. The summed E-state index contributed by atoms with van der Waals surface area (Å²) in [6, 6.07) is 7.12. The van der Waals surface area contributed by atoms with E-state index < -0.39 is 0 Å². The van der Waals surface area contributed by atoms with Crippen molar-refractivity contribution in [1.82, 2.24) is 9.55 Å². The average molecular weight is 427 g/mol. The van der Waals surface area contributed by atoms with Gasteiger partial charge in [0.2, 0.25) is 5.95 Å². The zero-order chi connectivity index (χ0) is 21.3. The Kier molecular flexibility index (Phi) is 5.76. The molecule has 2 aromatic heterocycles. The van der Waals surface area contributed by atoms with Crippen LogP contribution in [0.5, 0.6) is 0 Å². The molecule has 8 heteroatoms. The summed E-state index contributed by atoms with van der Waals surface area (Å²) in [5.74, 6) is 0.342. The second-order valence-electron chi connectivity index (χ2n) is 7.60. The van der Waals surface area contributed by atoms with E-state index in [0.717, 1.165) is 43.0 Å². The number of benzene rings is 1. The number of rotatable bonds is 5. The van der Waals surface area contributed by atoms with Gasteiger partial charge in [-0.1, -0.05) is 12.1 Å². The van der Waals surface area contributed by atoms with Crippen LogP contribution >= 0.6 is 11.3 Å². The molecule has 30 heavy (non-hydrogen) atoms. The number of carbonyl (C=O) groups excluding carboxylic acids is 1. The number of hydrogen-bond acceptors (Lipinski definition) is 7. The maximum Gasteiger partial charge on any atom is 0.339 e. The van der Waals surface area contributed by atoms with E-state index >= 15 is 0 Å². The van der Waals surface area contributed by atoms with Crippen LogP contribution in [0.3, 0.4) is 0 Å². The minimum atomic E-state index is -0.389. The molecule has 1 N–H and O–H groups in total. The van der Waals surface area contributed by atoms with Crippen LogP contribution in [0.4, 0.5) is 11.6 Å². The van der Waals surface area contributed by atoms with Crippen LogP contribution in [0.2, 0.25) is 0 Å². The number of hydrogen-bond donors (Lipinski definition) is 1. The van der Waals surface area contributed by atoms with Crippen molar-refractivity contribution in [3.63, 3.8) is 0 Å². The summed E-state index contributed by atoms with van der Waals surface area (Å²) >= 11 is 1.42. The van der Waals surface area contributed by atoms with Crippen LogP contribution < -0.4 is 15.8 Å². The van der Waals surface area contributed by atoms with E-state index in [0.29, 0.717) is 16.0 Å². The molecule has 1 fully saturated rings. The van der Waals surface area contributed by atoms with Crippen LogP contribution in [0.1, 0.15) is 48.1 Å². The Bertz CT molecular complexity index is 1130. The fourth-order valence-corrected chi connectivity index (χ4v) is 5.02. The number of fused-ring (bicyclic) bond motifs is 1. The Morgan fingerprint density at radius 3 is 2.70 bits per heavy atom. The van der Waals surface area contributed by atoms with E-state index in [-0.39, 0.29) is 17.6 Å². The quantitative estimate of drug-likeness (QED) is 0.623. The minimum absolute atomic E-state index is 0.0148.